The minimum Gasteiger partial charge on any atom is -0.299 e. The van der Waals surface area contributed by atoms with E-state index < -0.39 is 0 Å². The molecule has 88 valence electrons. The number of hydrogen-bond donors (Lipinski definition) is 0. The van der Waals surface area contributed by atoms with E-state index in [9.17, 15) is 4.79 Å². The zero-order valence-corrected chi connectivity index (χ0v) is 12.2. The van der Waals surface area contributed by atoms with E-state index in [1.54, 1.807) is 0 Å². The molecule has 16 heavy (non-hydrogen) atoms. The van der Waals surface area contributed by atoms with Gasteiger partial charge in [-0.2, -0.15) is 0 Å². The fourth-order valence-electron chi connectivity index (χ4n) is 1.53. The van der Waals surface area contributed by atoms with Gasteiger partial charge in [0.15, 0.2) is 0 Å². The Morgan fingerprint density at radius 2 is 2.00 bits per heavy atom. The van der Waals surface area contributed by atoms with Crippen LogP contribution in [0.1, 0.15) is 32.8 Å². The van der Waals surface area contributed by atoms with E-state index in [1.807, 2.05) is 18.2 Å². The molecule has 0 atom stereocenters. The van der Waals surface area contributed by atoms with Gasteiger partial charge in [-0.1, -0.05) is 54.4 Å². The maximum Gasteiger partial charge on any atom is 0.137 e. The van der Waals surface area contributed by atoms with Crippen molar-refractivity contribution < 1.29 is 4.79 Å². The molecule has 3 heteroatoms. The van der Waals surface area contributed by atoms with Gasteiger partial charge in [-0.15, -0.1) is 0 Å². The molecule has 0 unspecified atom stereocenters. The predicted octanol–water partition coefficient (Wildman–Crippen LogP) is 4.65. The molecule has 0 aliphatic heterocycles. The number of rotatable bonds is 3. The highest BCUT2D eigenvalue weighted by molar-refractivity contribution is 9.10. The molecule has 0 fully saturated rings. The fourth-order valence-corrected chi connectivity index (χ4v) is 2.27. The van der Waals surface area contributed by atoms with Gasteiger partial charge in [0.25, 0.3) is 0 Å². The van der Waals surface area contributed by atoms with Gasteiger partial charge in [0.05, 0.1) is 0 Å². The highest BCUT2D eigenvalue weighted by Crippen LogP contribution is 2.24. The summed E-state index contributed by atoms with van der Waals surface area (Å²) in [5.74, 6) is 0.233. The number of carbonyl (C=O) groups excluding carboxylic acids is 1. The molecular weight excluding hydrogens is 287 g/mol. The van der Waals surface area contributed by atoms with Crippen molar-refractivity contribution in [2.24, 2.45) is 5.41 Å². The predicted molar refractivity (Wildman–Crippen MR) is 71.9 cm³/mol. The van der Waals surface area contributed by atoms with E-state index in [1.165, 1.54) is 0 Å². The molecule has 1 aromatic rings. The Kier molecular flexibility index (Phi) is 4.57. The van der Waals surface area contributed by atoms with E-state index in [0.29, 0.717) is 17.9 Å². The molecule has 0 saturated heterocycles. The van der Waals surface area contributed by atoms with Crippen molar-refractivity contribution in [1.29, 1.82) is 0 Å². The zero-order chi connectivity index (χ0) is 12.3. The summed E-state index contributed by atoms with van der Waals surface area (Å²) in [6.07, 6.45) is 1.00. The van der Waals surface area contributed by atoms with Crippen molar-refractivity contribution >= 4 is 33.3 Å². The lowest BCUT2D eigenvalue weighted by atomic mass is 9.88. The number of ketones is 1. The first-order valence-electron chi connectivity index (χ1n) is 5.23. The highest BCUT2D eigenvalue weighted by atomic mass is 79.9. The van der Waals surface area contributed by atoms with Gasteiger partial charge in [0.2, 0.25) is 0 Å². The maximum atomic E-state index is 11.8. The minimum atomic E-state index is 0.0406. The van der Waals surface area contributed by atoms with Crippen molar-refractivity contribution in [3.05, 3.63) is 33.3 Å². The lowest BCUT2D eigenvalue weighted by Gasteiger charge is -2.16. The first kappa shape index (κ1) is 13.7. The zero-order valence-electron chi connectivity index (χ0n) is 9.81. The standard InChI is InChI=1S/C13H16BrClO/c1-13(2,3)8-11(16)6-9-4-5-10(14)7-12(9)15/h4-5,7H,6,8H2,1-3H3. The van der Waals surface area contributed by atoms with Crippen molar-refractivity contribution in [2.45, 2.75) is 33.6 Å². The van der Waals surface area contributed by atoms with Crippen LogP contribution in [-0.2, 0) is 11.2 Å². The Morgan fingerprint density at radius 3 is 2.50 bits per heavy atom. The quantitative estimate of drug-likeness (QED) is 0.794. The number of benzene rings is 1. The van der Waals surface area contributed by atoms with Crippen LogP contribution >= 0.6 is 27.5 Å². The molecule has 0 saturated carbocycles. The lowest BCUT2D eigenvalue weighted by molar-refractivity contribution is -0.120. The highest BCUT2D eigenvalue weighted by Gasteiger charge is 2.16. The van der Waals surface area contributed by atoms with E-state index in [2.05, 4.69) is 36.7 Å². The van der Waals surface area contributed by atoms with E-state index in [-0.39, 0.29) is 11.2 Å². The average molecular weight is 304 g/mol. The molecule has 0 bridgehead atoms. The van der Waals surface area contributed by atoms with Gasteiger partial charge >= 0.3 is 0 Å². The molecule has 0 radical (unpaired) electrons. The Labute approximate surface area is 110 Å². The first-order chi connectivity index (χ1) is 7.28. The summed E-state index contributed by atoms with van der Waals surface area (Å²) in [6, 6.07) is 5.62. The smallest absolute Gasteiger partial charge is 0.137 e. The Bertz CT molecular complexity index is 393. The molecule has 0 spiro atoms. The number of Topliss-reactive ketones (excluding diaryl/α,β-unsaturated/α-hetero) is 1. The Balaban J connectivity index is 2.70. The van der Waals surface area contributed by atoms with Crippen LogP contribution < -0.4 is 0 Å². The van der Waals surface area contributed by atoms with Crippen molar-refractivity contribution in [2.75, 3.05) is 0 Å². The number of hydrogen-bond acceptors (Lipinski definition) is 1. The van der Waals surface area contributed by atoms with E-state index >= 15 is 0 Å². The van der Waals surface area contributed by atoms with Crippen LogP contribution in [0.5, 0.6) is 0 Å². The van der Waals surface area contributed by atoms with Crippen molar-refractivity contribution in [3.8, 4) is 0 Å². The molecule has 1 aromatic carbocycles. The van der Waals surface area contributed by atoms with Crippen molar-refractivity contribution in [3.63, 3.8) is 0 Å². The molecule has 0 aliphatic rings. The molecule has 0 heterocycles. The summed E-state index contributed by atoms with van der Waals surface area (Å²) >= 11 is 9.40. The van der Waals surface area contributed by atoms with Crippen LogP contribution in [0, 0.1) is 5.41 Å². The van der Waals surface area contributed by atoms with Crippen LogP contribution in [0.15, 0.2) is 22.7 Å². The SMILES string of the molecule is CC(C)(C)CC(=O)Cc1ccc(Br)cc1Cl. The van der Waals surface area contributed by atoms with Gasteiger partial charge in [0.1, 0.15) is 5.78 Å². The second kappa shape index (κ2) is 5.33. The summed E-state index contributed by atoms with van der Waals surface area (Å²) in [6.45, 7) is 6.19. The van der Waals surface area contributed by atoms with Gasteiger partial charge in [-0.05, 0) is 23.1 Å². The lowest BCUT2D eigenvalue weighted by Crippen LogP contribution is -2.14. The van der Waals surface area contributed by atoms with Gasteiger partial charge in [-0.3, -0.25) is 4.79 Å². The second-order valence-corrected chi connectivity index (χ2v) is 6.51. The third-order valence-corrected chi connectivity index (χ3v) is 2.98. The topological polar surface area (TPSA) is 17.1 Å². The van der Waals surface area contributed by atoms with Gasteiger partial charge < -0.3 is 0 Å². The summed E-state index contributed by atoms with van der Waals surface area (Å²) in [4.78, 5) is 11.8. The molecular formula is C13H16BrClO. The number of carbonyl (C=O) groups is 1. The Hall–Kier alpha value is -0.340. The summed E-state index contributed by atoms with van der Waals surface area (Å²) in [5, 5.41) is 0.650. The van der Waals surface area contributed by atoms with Crippen LogP contribution in [-0.4, -0.2) is 5.78 Å². The molecule has 0 aromatic heterocycles. The minimum absolute atomic E-state index is 0.0406. The number of halogens is 2. The van der Waals surface area contributed by atoms with Gasteiger partial charge in [-0.25, -0.2) is 0 Å². The summed E-state index contributed by atoms with van der Waals surface area (Å²) < 4.78 is 0.935. The van der Waals surface area contributed by atoms with Gasteiger partial charge in [0, 0.05) is 22.3 Å². The maximum absolute atomic E-state index is 11.8. The third kappa shape index (κ3) is 4.67. The fraction of sp³-hybridized carbons (Fsp3) is 0.462. The summed E-state index contributed by atoms with van der Waals surface area (Å²) in [5.41, 5.74) is 0.943. The molecule has 0 amide bonds. The second-order valence-electron chi connectivity index (χ2n) is 5.19. The van der Waals surface area contributed by atoms with Crippen LogP contribution in [0.25, 0.3) is 0 Å². The Morgan fingerprint density at radius 1 is 1.38 bits per heavy atom. The monoisotopic (exact) mass is 302 g/mol. The largest absolute Gasteiger partial charge is 0.299 e. The molecule has 0 N–H and O–H groups in total. The van der Waals surface area contributed by atoms with E-state index in [4.69, 9.17) is 11.6 Å². The van der Waals surface area contributed by atoms with Crippen LogP contribution in [0.3, 0.4) is 0 Å². The summed E-state index contributed by atoms with van der Waals surface area (Å²) in [7, 11) is 0. The first-order valence-corrected chi connectivity index (χ1v) is 6.41. The normalized spacial score (nSPS) is 11.6. The molecule has 1 nitrogen and oxygen atoms in total. The van der Waals surface area contributed by atoms with Crippen molar-refractivity contribution in [1.82, 2.24) is 0 Å². The van der Waals surface area contributed by atoms with E-state index in [0.717, 1.165) is 10.0 Å². The van der Waals surface area contributed by atoms with Crippen LogP contribution in [0.2, 0.25) is 5.02 Å². The van der Waals surface area contributed by atoms with Crippen LogP contribution in [0.4, 0.5) is 0 Å². The molecule has 0 aliphatic carbocycles. The average Bonchev–Trinajstić information content (AvgIpc) is 2.06. The third-order valence-electron chi connectivity index (χ3n) is 2.13. The molecule has 1 rings (SSSR count).